The summed E-state index contributed by atoms with van der Waals surface area (Å²) in [5.74, 6) is 0.843. The zero-order valence-corrected chi connectivity index (χ0v) is 13.3. The molecule has 0 aliphatic heterocycles. The number of hydrogen-bond donors (Lipinski definition) is 1. The van der Waals surface area contributed by atoms with Crippen LogP contribution in [0.25, 0.3) is 0 Å². The minimum Gasteiger partial charge on any atom is -0.496 e. The lowest BCUT2D eigenvalue weighted by Gasteiger charge is -2.26. The van der Waals surface area contributed by atoms with E-state index < -0.39 is 6.10 Å². The molecule has 0 spiro atoms. The number of ether oxygens (including phenoxy) is 1. The van der Waals surface area contributed by atoms with Gasteiger partial charge in [0.15, 0.2) is 0 Å². The fraction of sp³-hybridized carbons (Fsp3) is 0.368. The van der Waals surface area contributed by atoms with Crippen molar-refractivity contribution in [1.82, 2.24) is 0 Å². The molecular formula is C19H24O2. The van der Waals surface area contributed by atoms with Gasteiger partial charge in [0.25, 0.3) is 0 Å². The fourth-order valence-electron chi connectivity index (χ4n) is 3.03. The number of aliphatic hydroxyl groups is 1. The smallest absolute Gasteiger partial charge is 0.125 e. The highest BCUT2D eigenvalue weighted by Gasteiger charge is 2.25. The summed E-state index contributed by atoms with van der Waals surface area (Å²) in [7, 11) is 1.66. The van der Waals surface area contributed by atoms with Crippen molar-refractivity contribution in [3.8, 4) is 5.75 Å². The van der Waals surface area contributed by atoms with E-state index in [0.717, 1.165) is 34.4 Å². The summed E-state index contributed by atoms with van der Waals surface area (Å²) in [5.41, 5.74) is 4.29. The van der Waals surface area contributed by atoms with Crippen molar-refractivity contribution in [2.45, 2.75) is 39.2 Å². The first-order valence-corrected chi connectivity index (χ1v) is 7.46. The molecule has 0 aromatic heterocycles. The predicted octanol–water partition coefficient (Wildman–Crippen LogP) is 4.54. The van der Waals surface area contributed by atoms with Crippen molar-refractivity contribution < 1.29 is 9.84 Å². The molecule has 2 unspecified atom stereocenters. The Kier molecular flexibility index (Phi) is 5.03. The van der Waals surface area contributed by atoms with Crippen molar-refractivity contribution in [3.05, 3.63) is 64.7 Å². The van der Waals surface area contributed by atoms with Crippen molar-refractivity contribution in [3.63, 3.8) is 0 Å². The molecule has 2 aromatic carbocycles. The second-order valence-corrected chi connectivity index (χ2v) is 5.57. The molecule has 2 heteroatoms. The molecule has 0 bridgehead atoms. The van der Waals surface area contributed by atoms with Gasteiger partial charge >= 0.3 is 0 Å². The molecule has 0 aliphatic rings. The summed E-state index contributed by atoms with van der Waals surface area (Å²) in [5, 5.41) is 10.9. The second kappa shape index (κ2) is 6.77. The first-order chi connectivity index (χ1) is 10.1. The third kappa shape index (κ3) is 3.27. The number of benzene rings is 2. The van der Waals surface area contributed by atoms with E-state index in [9.17, 15) is 5.11 Å². The highest BCUT2D eigenvalue weighted by molar-refractivity contribution is 5.45. The SMILES string of the molecule is CCC(c1ccccc1)C(O)c1c(C)cc(C)cc1OC. The number of methoxy groups -OCH3 is 1. The highest BCUT2D eigenvalue weighted by Crippen LogP contribution is 2.39. The van der Waals surface area contributed by atoms with E-state index >= 15 is 0 Å². The summed E-state index contributed by atoms with van der Waals surface area (Å²) < 4.78 is 5.50. The molecule has 0 radical (unpaired) electrons. The molecule has 0 aliphatic carbocycles. The van der Waals surface area contributed by atoms with Crippen LogP contribution in [0.5, 0.6) is 5.75 Å². The topological polar surface area (TPSA) is 29.5 Å². The Morgan fingerprint density at radius 3 is 2.33 bits per heavy atom. The largest absolute Gasteiger partial charge is 0.496 e. The van der Waals surface area contributed by atoms with Gasteiger partial charge in [-0.15, -0.1) is 0 Å². The molecule has 2 nitrogen and oxygen atoms in total. The first-order valence-electron chi connectivity index (χ1n) is 7.46. The van der Waals surface area contributed by atoms with E-state index in [1.807, 2.05) is 38.1 Å². The average Bonchev–Trinajstić information content (AvgIpc) is 2.48. The Bertz CT molecular complexity index is 590. The molecule has 2 aromatic rings. The number of aliphatic hydroxyl groups excluding tert-OH is 1. The molecule has 1 N–H and O–H groups in total. The normalized spacial score (nSPS) is 13.8. The maximum absolute atomic E-state index is 10.9. The maximum atomic E-state index is 10.9. The van der Waals surface area contributed by atoms with Gasteiger partial charge in [0.2, 0.25) is 0 Å². The monoisotopic (exact) mass is 284 g/mol. The molecule has 0 heterocycles. The van der Waals surface area contributed by atoms with E-state index in [0.29, 0.717) is 0 Å². The van der Waals surface area contributed by atoms with E-state index in [1.165, 1.54) is 0 Å². The number of rotatable bonds is 5. The van der Waals surface area contributed by atoms with Gasteiger partial charge in [-0.05, 0) is 43.0 Å². The average molecular weight is 284 g/mol. The Morgan fingerprint density at radius 1 is 1.10 bits per heavy atom. The minimum absolute atomic E-state index is 0.0708. The summed E-state index contributed by atoms with van der Waals surface area (Å²) in [4.78, 5) is 0. The zero-order chi connectivity index (χ0) is 15.4. The lowest BCUT2D eigenvalue weighted by Crippen LogP contribution is -2.13. The van der Waals surface area contributed by atoms with E-state index in [-0.39, 0.29) is 5.92 Å². The van der Waals surface area contributed by atoms with Gasteiger partial charge in [-0.1, -0.05) is 43.3 Å². The van der Waals surface area contributed by atoms with Gasteiger partial charge in [-0.3, -0.25) is 0 Å². The van der Waals surface area contributed by atoms with Crippen molar-refractivity contribution in [1.29, 1.82) is 0 Å². The van der Waals surface area contributed by atoms with Crippen molar-refractivity contribution >= 4 is 0 Å². The minimum atomic E-state index is -0.562. The summed E-state index contributed by atoms with van der Waals surface area (Å²) in [6.07, 6.45) is 0.315. The second-order valence-electron chi connectivity index (χ2n) is 5.57. The predicted molar refractivity (Wildman–Crippen MR) is 86.9 cm³/mol. The highest BCUT2D eigenvalue weighted by atomic mass is 16.5. The summed E-state index contributed by atoms with van der Waals surface area (Å²) in [6, 6.07) is 14.3. The lowest BCUT2D eigenvalue weighted by molar-refractivity contribution is 0.138. The number of hydrogen-bond acceptors (Lipinski definition) is 2. The standard InChI is InChI=1S/C19H24O2/c1-5-16(15-9-7-6-8-10-15)19(20)18-14(3)11-13(2)12-17(18)21-4/h6-12,16,19-20H,5H2,1-4H3. The molecule has 0 saturated heterocycles. The maximum Gasteiger partial charge on any atom is 0.125 e. The van der Waals surface area contributed by atoms with Crippen LogP contribution < -0.4 is 4.74 Å². The van der Waals surface area contributed by atoms with E-state index in [1.54, 1.807) is 7.11 Å². The lowest BCUT2D eigenvalue weighted by atomic mass is 9.85. The van der Waals surface area contributed by atoms with Gasteiger partial charge in [-0.25, -0.2) is 0 Å². The summed E-state index contributed by atoms with van der Waals surface area (Å²) >= 11 is 0. The van der Waals surface area contributed by atoms with Crippen LogP contribution in [0.3, 0.4) is 0 Å². The van der Waals surface area contributed by atoms with Gasteiger partial charge < -0.3 is 9.84 Å². The van der Waals surface area contributed by atoms with E-state index in [2.05, 4.69) is 25.1 Å². The van der Waals surface area contributed by atoms with Crippen LogP contribution in [0.2, 0.25) is 0 Å². The van der Waals surface area contributed by atoms with Gasteiger partial charge in [0, 0.05) is 11.5 Å². The van der Waals surface area contributed by atoms with Gasteiger partial charge in [0.05, 0.1) is 13.2 Å². The fourth-order valence-corrected chi connectivity index (χ4v) is 3.03. The Labute approximate surface area is 127 Å². The quantitative estimate of drug-likeness (QED) is 0.873. The van der Waals surface area contributed by atoms with Crippen LogP contribution in [0.1, 0.15) is 47.6 Å². The summed E-state index contributed by atoms with van der Waals surface area (Å²) in [6.45, 7) is 6.18. The first kappa shape index (κ1) is 15.6. The van der Waals surface area contributed by atoms with Crippen LogP contribution in [0.15, 0.2) is 42.5 Å². The van der Waals surface area contributed by atoms with Crippen LogP contribution >= 0.6 is 0 Å². The Hall–Kier alpha value is -1.80. The van der Waals surface area contributed by atoms with Crippen LogP contribution in [-0.4, -0.2) is 12.2 Å². The molecule has 0 fully saturated rings. The van der Waals surface area contributed by atoms with Gasteiger partial charge in [0.1, 0.15) is 5.75 Å². The van der Waals surface area contributed by atoms with Crippen LogP contribution in [-0.2, 0) is 0 Å². The molecule has 0 saturated carbocycles. The van der Waals surface area contributed by atoms with Crippen molar-refractivity contribution in [2.24, 2.45) is 0 Å². The van der Waals surface area contributed by atoms with Crippen LogP contribution in [0.4, 0.5) is 0 Å². The van der Waals surface area contributed by atoms with Crippen LogP contribution in [0, 0.1) is 13.8 Å². The Morgan fingerprint density at radius 2 is 1.76 bits per heavy atom. The Balaban J connectivity index is 2.45. The van der Waals surface area contributed by atoms with Gasteiger partial charge in [-0.2, -0.15) is 0 Å². The molecule has 21 heavy (non-hydrogen) atoms. The molecule has 2 atom stereocenters. The van der Waals surface area contributed by atoms with E-state index in [4.69, 9.17) is 4.74 Å². The molecular weight excluding hydrogens is 260 g/mol. The zero-order valence-electron chi connectivity index (χ0n) is 13.3. The molecule has 0 amide bonds. The third-order valence-corrected chi connectivity index (χ3v) is 4.06. The molecule has 112 valence electrons. The number of aryl methyl sites for hydroxylation is 2. The third-order valence-electron chi connectivity index (χ3n) is 4.06. The molecule has 2 rings (SSSR count). The van der Waals surface area contributed by atoms with Crippen molar-refractivity contribution in [2.75, 3.05) is 7.11 Å².